The van der Waals surface area contributed by atoms with Crippen molar-refractivity contribution in [3.63, 3.8) is 0 Å². The summed E-state index contributed by atoms with van der Waals surface area (Å²) in [5.74, 6) is 0.766. The van der Waals surface area contributed by atoms with Gasteiger partial charge in [-0.25, -0.2) is 0 Å². The number of ether oxygens (including phenoxy) is 1. The first-order valence-electron chi connectivity index (χ1n) is 4.05. The molecule has 0 radical (unpaired) electrons. The normalized spacial score (nSPS) is 9.08. The van der Waals surface area contributed by atoms with Gasteiger partial charge in [0.2, 0.25) is 0 Å². The van der Waals surface area contributed by atoms with Gasteiger partial charge in [0.25, 0.3) is 0 Å². The van der Waals surface area contributed by atoms with Crippen LogP contribution in [0.3, 0.4) is 0 Å². The van der Waals surface area contributed by atoms with Crippen LogP contribution in [0.25, 0.3) is 0 Å². The fourth-order valence-corrected chi connectivity index (χ4v) is 0.732. The molecule has 0 rings (SSSR count). The summed E-state index contributed by atoms with van der Waals surface area (Å²) in [4.78, 5) is 0. The smallest absolute Gasteiger partial charge is 0.185 e. The van der Waals surface area contributed by atoms with Crippen LogP contribution in [0.1, 0.15) is 19.8 Å². The molecular weight excluding hydrogens is 154 g/mol. The van der Waals surface area contributed by atoms with Gasteiger partial charge in [0.1, 0.15) is 6.61 Å². The predicted octanol–water partition coefficient (Wildman–Crippen LogP) is 0.800. The molecule has 0 aliphatic rings. The second kappa shape index (κ2) is 6.52. The molecular formula is C8H17N3O. The Hall–Kier alpha value is -1.19. The quantitative estimate of drug-likeness (QED) is 0.239. The summed E-state index contributed by atoms with van der Waals surface area (Å²) < 4.78 is 5.22. The lowest BCUT2D eigenvalue weighted by atomic mass is 10.3. The van der Waals surface area contributed by atoms with Gasteiger partial charge < -0.3 is 15.8 Å². The average Bonchev–Trinajstić information content (AvgIpc) is 1.98. The summed E-state index contributed by atoms with van der Waals surface area (Å²) in [7, 11) is 0. The second-order valence-corrected chi connectivity index (χ2v) is 2.48. The van der Waals surface area contributed by atoms with E-state index in [1.807, 2.05) is 0 Å². The molecule has 0 aliphatic carbocycles. The lowest BCUT2D eigenvalue weighted by molar-refractivity contribution is 0.208. The summed E-state index contributed by atoms with van der Waals surface area (Å²) in [6.07, 6.45) is 1.93. The molecule has 0 spiro atoms. The number of guanidine groups is 1. The van der Waals surface area contributed by atoms with Crippen LogP contribution in [0.5, 0.6) is 0 Å². The van der Waals surface area contributed by atoms with Gasteiger partial charge in [-0.05, 0) is 6.42 Å². The predicted molar refractivity (Wildman–Crippen MR) is 49.9 cm³/mol. The van der Waals surface area contributed by atoms with Gasteiger partial charge >= 0.3 is 0 Å². The van der Waals surface area contributed by atoms with Crippen LogP contribution < -0.4 is 11.1 Å². The highest BCUT2D eigenvalue weighted by atomic mass is 16.5. The van der Waals surface area contributed by atoms with Crippen molar-refractivity contribution in [1.82, 2.24) is 5.32 Å². The van der Waals surface area contributed by atoms with Crippen molar-refractivity contribution in [3.8, 4) is 0 Å². The van der Waals surface area contributed by atoms with Crippen LogP contribution >= 0.6 is 0 Å². The average molecular weight is 171 g/mol. The number of rotatable bonds is 6. The van der Waals surface area contributed by atoms with Crippen LogP contribution in [-0.2, 0) is 4.74 Å². The van der Waals surface area contributed by atoms with Crippen LogP contribution in [0, 0.1) is 5.41 Å². The Morgan fingerprint density at radius 2 is 2.33 bits per heavy atom. The highest BCUT2D eigenvalue weighted by Gasteiger charge is 1.92. The monoisotopic (exact) mass is 171 g/mol. The van der Waals surface area contributed by atoms with Crippen LogP contribution in [0.15, 0.2) is 12.3 Å². The highest BCUT2D eigenvalue weighted by molar-refractivity contribution is 5.74. The van der Waals surface area contributed by atoms with Crippen LogP contribution in [-0.4, -0.2) is 19.1 Å². The van der Waals surface area contributed by atoms with Crippen molar-refractivity contribution >= 4 is 5.96 Å². The van der Waals surface area contributed by atoms with E-state index in [2.05, 4.69) is 18.8 Å². The third-order valence-corrected chi connectivity index (χ3v) is 1.25. The van der Waals surface area contributed by atoms with Crippen molar-refractivity contribution < 1.29 is 4.74 Å². The van der Waals surface area contributed by atoms with E-state index in [4.69, 9.17) is 15.9 Å². The molecule has 4 N–H and O–H groups in total. The second-order valence-electron chi connectivity index (χ2n) is 2.48. The summed E-state index contributed by atoms with van der Waals surface area (Å²) in [6.45, 7) is 6.86. The van der Waals surface area contributed by atoms with Gasteiger partial charge in [-0.1, -0.05) is 13.5 Å². The largest absolute Gasteiger partial charge is 0.497 e. The molecule has 0 bridgehead atoms. The molecule has 70 valence electrons. The van der Waals surface area contributed by atoms with E-state index in [-0.39, 0.29) is 5.96 Å². The van der Waals surface area contributed by atoms with Gasteiger partial charge in [0.15, 0.2) is 5.96 Å². The molecule has 0 saturated carbocycles. The summed E-state index contributed by atoms with van der Waals surface area (Å²) >= 11 is 0. The molecule has 4 nitrogen and oxygen atoms in total. The van der Waals surface area contributed by atoms with Crippen molar-refractivity contribution in [2.45, 2.75) is 19.8 Å². The van der Waals surface area contributed by atoms with Crippen LogP contribution in [0.2, 0.25) is 0 Å². The molecule has 12 heavy (non-hydrogen) atoms. The zero-order chi connectivity index (χ0) is 9.40. The fourth-order valence-electron chi connectivity index (χ4n) is 0.732. The third kappa shape index (κ3) is 6.92. The highest BCUT2D eigenvalue weighted by Crippen LogP contribution is 2.01. The first-order chi connectivity index (χ1) is 5.66. The molecule has 0 saturated heterocycles. The summed E-state index contributed by atoms with van der Waals surface area (Å²) in [5.41, 5.74) is 5.06. The molecule has 0 unspecified atom stereocenters. The van der Waals surface area contributed by atoms with Gasteiger partial charge in [-0.3, -0.25) is 5.41 Å². The van der Waals surface area contributed by atoms with E-state index < -0.39 is 0 Å². The number of nitrogens with two attached hydrogens (primary N) is 1. The maximum Gasteiger partial charge on any atom is 0.185 e. The number of allylic oxidation sites excluding steroid dienone is 1. The standard InChI is InChI=1S/C8H17N3O/c1-3-4-7(2)12-6-5-11-8(9)10/h2-6H2,1H3,(H4,9,10,11). The van der Waals surface area contributed by atoms with Crippen LogP contribution in [0.4, 0.5) is 0 Å². The summed E-state index contributed by atoms with van der Waals surface area (Å²) in [5, 5.41) is 9.49. The first kappa shape index (κ1) is 10.8. The number of nitrogens with one attached hydrogen (secondary N) is 2. The molecule has 0 fully saturated rings. The lowest BCUT2D eigenvalue weighted by Crippen LogP contribution is -2.32. The van der Waals surface area contributed by atoms with E-state index >= 15 is 0 Å². The fraction of sp³-hybridized carbons (Fsp3) is 0.625. The lowest BCUT2D eigenvalue weighted by Gasteiger charge is -2.08. The molecule has 0 heterocycles. The zero-order valence-electron chi connectivity index (χ0n) is 7.52. The van der Waals surface area contributed by atoms with E-state index in [1.165, 1.54) is 0 Å². The minimum atomic E-state index is -0.0281. The van der Waals surface area contributed by atoms with E-state index in [0.717, 1.165) is 18.6 Å². The summed E-state index contributed by atoms with van der Waals surface area (Å²) in [6, 6.07) is 0. The Bertz CT molecular complexity index is 156. The van der Waals surface area contributed by atoms with Crippen molar-refractivity contribution in [1.29, 1.82) is 5.41 Å². The Labute approximate surface area is 73.3 Å². The Morgan fingerprint density at radius 1 is 1.67 bits per heavy atom. The first-order valence-corrected chi connectivity index (χ1v) is 4.05. The van der Waals surface area contributed by atoms with Crippen molar-refractivity contribution in [2.75, 3.05) is 13.2 Å². The minimum Gasteiger partial charge on any atom is -0.497 e. The topological polar surface area (TPSA) is 71.1 Å². The Morgan fingerprint density at radius 3 is 2.83 bits per heavy atom. The van der Waals surface area contributed by atoms with Gasteiger partial charge in [0.05, 0.1) is 12.3 Å². The Kier molecular flexibility index (Phi) is 5.87. The van der Waals surface area contributed by atoms with Crippen molar-refractivity contribution in [2.24, 2.45) is 5.73 Å². The third-order valence-electron chi connectivity index (χ3n) is 1.25. The molecule has 4 heteroatoms. The Balaban J connectivity index is 3.19. The molecule has 0 amide bonds. The van der Waals surface area contributed by atoms with Gasteiger partial charge in [-0.2, -0.15) is 0 Å². The SMILES string of the molecule is C=C(CCC)OCCNC(=N)N. The molecule has 0 aliphatic heterocycles. The molecule has 0 aromatic heterocycles. The van der Waals surface area contributed by atoms with E-state index in [9.17, 15) is 0 Å². The molecule has 0 atom stereocenters. The minimum absolute atomic E-state index is 0.0281. The van der Waals surface area contributed by atoms with Crippen molar-refractivity contribution in [3.05, 3.63) is 12.3 Å². The van der Waals surface area contributed by atoms with Gasteiger partial charge in [0, 0.05) is 6.42 Å². The maximum atomic E-state index is 6.85. The van der Waals surface area contributed by atoms with E-state index in [0.29, 0.717) is 13.2 Å². The molecule has 0 aromatic rings. The molecule has 0 aromatic carbocycles. The number of hydrogen-bond donors (Lipinski definition) is 3. The van der Waals surface area contributed by atoms with E-state index in [1.54, 1.807) is 0 Å². The van der Waals surface area contributed by atoms with Gasteiger partial charge in [-0.15, -0.1) is 0 Å². The maximum absolute atomic E-state index is 6.85. The zero-order valence-corrected chi connectivity index (χ0v) is 7.52. The number of hydrogen-bond acceptors (Lipinski definition) is 2.